The number of benzene rings is 1. The third kappa shape index (κ3) is 3.81. The molecule has 0 aliphatic heterocycles. The van der Waals surface area contributed by atoms with Crippen molar-refractivity contribution in [2.75, 3.05) is 6.61 Å². The molecule has 0 aromatic heterocycles. The van der Waals surface area contributed by atoms with E-state index in [-0.39, 0.29) is 0 Å². The first-order valence-electron chi connectivity index (χ1n) is 5.61. The molecule has 2 nitrogen and oxygen atoms in total. The number of aliphatic hydroxyl groups excluding tert-OH is 1. The second kappa shape index (κ2) is 5.85. The Balaban J connectivity index is 2.59. The predicted molar refractivity (Wildman–Crippen MR) is 62.0 cm³/mol. The summed E-state index contributed by atoms with van der Waals surface area (Å²) in [5, 5.41) is 9.26. The van der Waals surface area contributed by atoms with Crippen molar-refractivity contribution in [3.8, 4) is 5.75 Å². The normalized spacial score (nSPS) is 12.9. The second-order valence-electron chi connectivity index (χ2n) is 4.39. The van der Waals surface area contributed by atoms with Crippen molar-refractivity contribution in [3.63, 3.8) is 0 Å². The highest BCUT2D eigenvalue weighted by Gasteiger charge is 2.08. The van der Waals surface area contributed by atoms with Gasteiger partial charge in [-0.05, 0) is 31.4 Å². The van der Waals surface area contributed by atoms with Gasteiger partial charge in [0.25, 0.3) is 0 Å². The molecule has 0 spiro atoms. The summed E-state index contributed by atoms with van der Waals surface area (Å²) in [5.41, 5.74) is 0.302. The Hall–Kier alpha value is -1.09. The molecule has 0 amide bonds. The molecule has 0 radical (unpaired) electrons. The topological polar surface area (TPSA) is 29.5 Å². The highest BCUT2D eigenvalue weighted by molar-refractivity contribution is 5.29. The van der Waals surface area contributed by atoms with Crippen LogP contribution in [0, 0.1) is 11.7 Å². The van der Waals surface area contributed by atoms with Crippen LogP contribution in [0.15, 0.2) is 18.2 Å². The minimum Gasteiger partial charge on any atom is -0.493 e. The lowest BCUT2D eigenvalue weighted by atomic mass is 10.1. The Morgan fingerprint density at radius 3 is 2.50 bits per heavy atom. The highest BCUT2D eigenvalue weighted by Crippen LogP contribution is 2.21. The van der Waals surface area contributed by atoms with Gasteiger partial charge < -0.3 is 9.84 Å². The Kier molecular flexibility index (Phi) is 4.74. The van der Waals surface area contributed by atoms with Gasteiger partial charge in [0.15, 0.2) is 0 Å². The van der Waals surface area contributed by atoms with E-state index in [1.54, 1.807) is 12.1 Å². The lowest BCUT2D eigenvalue weighted by Gasteiger charge is -2.10. The lowest BCUT2D eigenvalue weighted by molar-refractivity contribution is 0.194. The zero-order valence-electron chi connectivity index (χ0n) is 10.0. The number of rotatable bonds is 5. The SMILES string of the molecule is CC(C)CCOc1ccc(C(C)O)c(F)c1. The number of hydrogen-bond acceptors (Lipinski definition) is 2. The average Bonchev–Trinajstić information content (AvgIpc) is 2.16. The smallest absolute Gasteiger partial charge is 0.132 e. The van der Waals surface area contributed by atoms with Crippen molar-refractivity contribution < 1.29 is 14.2 Å². The van der Waals surface area contributed by atoms with Gasteiger partial charge in [0.05, 0.1) is 12.7 Å². The van der Waals surface area contributed by atoms with Crippen LogP contribution in [0.4, 0.5) is 4.39 Å². The molecule has 1 unspecified atom stereocenters. The molecule has 1 aromatic carbocycles. The van der Waals surface area contributed by atoms with Gasteiger partial charge in [0, 0.05) is 11.6 Å². The third-order valence-corrected chi connectivity index (χ3v) is 2.39. The van der Waals surface area contributed by atoms with E-state index in [1.807, 2.05) is 0 Å². The monoisotopic (exact) mass is 226 g/mol. The standard InChI is InChI=1S/C13H19FO2/c1-9(2)6-7-16-11-4-5-12(10(3)15)13(14)8-11/h4-5,8-10,15H,6-7H2,1-3H3. The van der Waals surface area contributed by atoms with Crippen molar-refractivity contribution in [3.05, 3.63) is 29.6 Å². The first kappa shape index (κ1) is 13.0. The molecule has 0 bridgehead atoms. The molecule has 0 aliphatic carbocycles. The molecule has 90 valence electrons. The molecular formula is C13H19FO2. The Morgan fingerprint density at radius 2 is 2.00 bits per heavy atom. The van der Waals surface area contributed by atoms with Crippen LogP contribution in [0.2, 0.25) is 0 Å². The van der Waals surface area contributed by atoms with Crippen LogP contribution >= 0.6 is 0 Å². The summed E-state index contributed by atoms with van der Waals surface area (Å²) in [6, 6.07) is 4.57. The summed E-state index contributed by atoms with van der Waals surface area (Å²) >= 11 is 0. The van der Waals surface area contributed by atoms with Gasteiger partial charge in [0.2, 0.25) is 0 Å². The van der Waals surface area contributed by atoms with Crippen LogP contribution < -0.4 is 4.74 Å². The minimum atomic E-state index is -0.787. The van der Waals surface area contributed by atoms with E-state index in [9.17, 15) is 9.50 Å². The van der Waals surface area contributed by atoms with E-state index < -0.39 is 11.9 Å². The molecule has 1 atom stereocenters. The van der Waals surface area contributed by atoms with Crippen LogP contribution in [0.3, 0.4) is 0 Å². The van der Waals surface area contributed by atoms with Crippen LogP contribution in [0.1, 0.15) is 38.9 Å². The molecule has 1 rings (SSSR count). The zero-order chi connectivity index (χ0) is 12.1. The second-order valence-corrected chi connectivity index (χ2v) is 4.39. The van der Waals surface area contributed by atoms with Crippen molar-refractivity contribution in [2.24, 2.45) is 5.92 Å². The van der Waals surface area contributed by atoms with Gasteiger partial charge in [-0.15, -0.1) is 0 Å². The fourth-order valence-corrected chi connectivity index (χ4v) is 1.35. The van der Waals surface area contributed by atoms with E-state index in [1.165, 1.54) is 13.0 Å². The summed E-state index contributed by atoms with van der Waals surface area (Å²) in [6.07, 6.45) is 0.157. The lowest BCUT2D eigenvalue weighted by Crippen LogP contribution is -2.02. The van der Waals surface area contributed by atoms with E-state index in [4.69, 9.17) is 4.74 Å². The number of ether oxygens (including phenoxy) is 1. The molecular weight excluding hydrogens is 207 g/mol. The maximum Gasteiger partial charge on any atom is 0.132 e. The van der Waals surface area contributed by atoms with Crippen LogP contribution in [-0.4, -0.2) is 11.7 Å². The van der Waals surface area contributed by atoms with Crippen LogP contribution in [-0.2, 0) is 0 Å². The molecule has 0 saturated heterocycles. The van der Waals surface area contributed by atoms with Gasteiger partial charge >= 0.3 is 0 Å². The molecule has 16 heavy (non-hydrogen) atoms. The molecule has 0 saturated carbocycles. The van der Waals surface area contributed by atoms with Gasteiger partial charge in [0.1, 0.15) is 11.6 Å². The van der Waals surface area contributed by atoms with Crippen molar-refractivity contribution in [1.82, 2.24) is 0 Å². The maximum absolute atomic E-state index is 13.4. The van der Waals surface area contributed by atoms with E-state index in [2.05, 4.69) is 13.8 Å². The Labute approximate surface area is 96.1 Å². The number of aliphatic hydroxyl groups is 1. The third-order valence-electron chi connectivity index (χ3n) is 2.39. The fraction of sp³-hybridized carbons (Fsp3) is 0.538. The first-order valence-corrected chi connectivity index (χ1v) is 5.61. The zero-order valence-corrected chi connectivity index (χ0v) is 10.0. The Bertz CT molecular complexity index is 335. The number of halogens is 1. The largest absolute Gasteiger partial charge is 0.493 e. The van der Waals surface area contributed by atoms with E-state index in [0.29, 0.717) is 23.8 Å². The molecule has 0 aliphatic rings. The summed E-state index contributed by atoms with van der Waals surface area (Å²) in [6.45, 7) is 6.35. The van der Waals surface area contributed by atoms with Crippen molar-refractivity contribution >= 4 is 0 Å². The van der Waals surface area contributed by atoms with Gasteiger partial charge in [-0.2, -0.15) is 0 Å². The quantitative estimate of drug-likeness (QED) is 0.834. The molecule has 0 heterocycles. The molecule has 1 aromatic rings. The van der Waals surface area contributed by atoms with E-state index in [0.717, 1.165) is 6.42 Å². The predicted octanol–water partition coefficient (Wildman–Crippen LogP) is 3.30. The summed E-state index contributed by atoms with van der Waals surface area (Å²) in [7, 11) is 0. The van der Waals surface area contributed by atoms with Crippen molar-refractivity contribution in [1.29, 1.82) is 0 Å². The van der Waals surface area contributed by atoms with Crippen LogP contribution in [0.5, 0.6) is 5.75 Å². The van der Waals surface area contributed by atoms with Crippen molar-refractivity contribution in [2.45, 2.75) is 33.3 Å². The Morgan fingerprint density at radius 1 is 1.31 bits per heavy atom. The number of hydrogen-bond donors (Lipinski definition) is 1. The summed E-state index contributed by atoms with van der Waals surface area (Å²) < 4.78 is 18.9. The molecule has 3 heteroatoms. The summed E-state index contributed by atoms with van der Waals surface area (Å²) in [4.78, 5) is 0. The average molecular weight is 226 g/mol. The van der Waals surface area contributed by atoms with Crippen LogP contribution in [0.25, 0.3) is 0 Å². The first-order chi connectivity index (χ1) is 7.50. The summed E-state index contributed by atoms with van der Waals surface area (Å²) in [5.74, 6) is 0.668. The van der Waals surface area contributed by atoms with E-state index >= 15 is 0 Å². The minimum absolute atomic E-state index is 0.302. The molecule has 0 fully saturated rings. The van der Waals surface area contributed by atoms with Gasteiger partial charge in [-0.25, -0.2) is 4.39 Å². The molecule has 1 N–H and O–H groups in total. The highest BCUT2D eigenvalue weighted by atomic mass is 19.1. The van der Waals surface area contributed by atoms with Gasteiger partial charge in [-0.3, -0.25) is 0 Å². The maximum atomic E-state index is 13.4. The fourth-order valence-electron chi connectivity index (χ4n) is 1.35. The van der Waals surface area contributed by atoms with Gasteiger partial charge in [-0.1, -0.05) is 13.8 Å².